The van der Waals surface area contributed by atoms with Gasteiger partial charge in [-0.3, -0.25) is 4.79 Å². The van der Waals surface area contributed by atoms with Gasteiger partial charge < -0.3 is 10.4 Å². The molecular weight excluding hydrogens is 273 g/mol. The lowest BCUT2D eigenvalue weighted by Gasteiger charge is -2.14. The molecule has 2 N–H and O–H groups in total. The number of halogens is 2. The van der Waals surface area contributed by atoms with Crippen molar-refractivity contribution in [2.24, 2.45) is 5.92 Å². The number of hydrogen-bond acceptors (Lipinski definition) is 2. The first-order valence-corrected chi connectivity index (χ1v) is 6.58. The summed E-state index contributed by atoms with van der Waals surface area (Å²) in [6.45, 7) is 4.30. The molecule has 0 heterocycles. The standard InChI is InChI=1S/C13H17Cl2NO2/c1-8(2)12(17)5-6-16-13(18)9-3-4-10(14)11(15)7-9/h3-4,7-8,12,17H,5-6H2,1-2H3,(H,16,18). The average Bonchev–Trinajstić information content (AvgIpc) is 2.32. The van der Waals surface area contributed by atoms with Crippen LogP contribution in [0.5, 0.6) is 0 Å². The van der Waals surface area contributed by atoms with E-state index in [4.69, 9.17) is 23.2 Å². The van der Waals surface area contributed by atoms with E-state index in [1.165, 1.54) is 6.07 Å². The quantitative estimate of drug-likeness (QED) is 0.875. The molecule has 5 heteroatoms. The van der Waals surface area contributed by atoms with E-state index in [0.717, 1.165) is 0 Å². The molecule has 100 valence electrons. The summed E-state index contributed by atoms with van der Waals surface area (Å²) in [5.41, 5.74) is 0.462. The number of amides is 1. The summed E-state index contributed by atoms with van der Waals surface area (Å²) in [6.07, 6.45) is 0.129. The Balaban J connectivity index is 2.48. The molecule has 0 bridgehead atoms. The first-order chi connectivity index (χ1) is 8.41. The van der Waals surface area contributed by atoms with Gasteiger partial charge in [-0.05, 0) is 30.5 Å². The van der Waals surface area contributed by atoms with Crippen molar-refractivity contribution in [3.63, 3.8) is 0 Å². The maximum absolute atomic E-state index is 11.8. The lowest BCUT2D eigenvalue weighted by molar-refractivity contribution is 0.0920. The number of aliphatic hydroxyl groups excluding tert-OH is 1. The molecule has 0 aliphatic rings. The predicted octanol–water partition coefficient (Wildman–Crippen LogP) is 3.13. The molecule has 0 radical (unpaired) electrons. The maximum Gasteiger partial charge on any atom is 0.251 e. The lowest BCUT2D eigenvalue weighted by Crippen LogP contribution is -2.28. The van der Waals surface area contributed by atoms with Crippen molar-refractivity contribution in [3.05, 3.63) is 33.8 Å². The van der Waals surface area contributed by atoms with Gasteiger partial charge in [0.2, 0.25) is 0 Å². The number of carbonyl (C=O) groups excluding carboxylic acids is 1. The second-order valence-corrected chi connectivity index (χ2v) is 5.30. The topological polar surface area (TPSA) is 49.3 Å². The molecule has 0 fully saturated rings. The molecule has 0 aromatic heterocycles. The Hall–Kier alpha value is -0.770. The largest absolute Gasteiger partial charge is 0.393 e. The molecule has 0 aliphatic carbocycles. The van der Waals surface area contributed by atoms with Crippen LogP contribution in [0.4, 0.5) is 0 Å². The summed E-state index contributed by atoms with van der Waals surface area (Å²) in [7, 11) is 0. The number of carbonyl (C=O) groups is 1. The highest BCUT2D eigenvalue weighted by molar-refractivity contribution is 6.42. The van der Waals surface area contributed by atoms with Crippen LogP contribution in [0.25, 0.3) is 0 Å². The van der Waals surface area contributed by atoms with E-state index >= 15 is 0 Å². The fourth-order valence-corrected chi connectivity index (χ4v) is 1.70. The van der Waals surface area contributed by atoms with Crippen LogP contribution in [-0.2, 0) is 0 Å². The van der Waals surface area contributed by atoms with Crippen LogP contribution >= 0.6 is 23.2 Å². The van der Waals surface area contributed by atoms with Crippen LogP contribution in [-0.4, -0.2) is 23.7 Å². The van der Waals surface area contributed by atoms with Crippen molar-refractivity contribution in [1.29, 1.82) is 0 Å². The third-order valence-corrected chi connectivity index (χ3v) is 3.42. The molecule has 3 nitrogen and oxygen atoms in total. The first-order valence-electron chi connectivity index (χ1n) is 5.83. The van der Waals surface area contributed by atoms with Crippen LogP contribution in [0, 0.1) is 5.92 Å². The normalized spacial score (nSPS) is 12.6. The Morgan fingerprint density at radius 2 is 2.00 bits per heavy atom. The molecule has 0 saturated heterocycles. The van der Waals surface area contributed by atoms with Gasteiger partial charge in [0.05, 0.1) is 16.1 Å². The van der Waals surface area contributed by atoms with Crippen LogP contribution in [0.2, 0.25) is 10.0 Å². The van der Waals surface area contributed by atoms with Gasteiger partial charge in [-0.25, -0.2) is 0 Å². The summed E-state index contributed by atoms with van der Waals surface area (Å²) < 4.78 is 0. The van der Waals surface area contributed by atoms with Crippen molar-refractivity contribution >= 4 is 29.1 Å². The summed E-state index contributed by atoms with van der Waals surface area (Å²) >= 11 is 11.6. The highest BCUT2D eigenvalue weighted by Crippen LogP contribution is 2.22. The third-order valence-electron chi connectivity index (χ3n) is 2.68. The Kier molecular flexibility index (Phi) is 5.93. The maximum atomic E-state index is 11.8. The first kappa shape index (κ1) is 15.3. The van der Waals surface area contributed by atoms with E-state index in [-0.39, 0.29) is 11.8 Å². The second-order valence-electron chi connectivity index (χ2n) is 4.48. The molecule has 1 amide bonds. The lowest BCUT2D eigenvalue weighted by atomic mass is 10.0. The Labute approximate surface area is 117 Å². The molecule has 1 rings (SSSR count). The summed E-state index contributed by atoms with van der Waals surface area (Å²) in [4.78, 5) is 11.8. The van der Waals surface area contributed by atoms with Gasteiger partial charge in [-0.15, -0.1) is 0 Å². The smallest absolute Gasteiger partial charge is 0.251 e. The fourth-order valence-electron chi connectivity index (χ4n) is 1.41. The van der Waals surface area contributed by atoms with E-state index in [0.29, 0.717) is 28.6 Å². The van der Waals surface area contributed by atoms with E-state index in [1.54, 1.807) is 12.1 Å². The van der Waals surface area contributed by atoms with Gasteiger partial charge >= 0.3 is 0 Å². The van der Waals surface area contributed by atoms with E-state index < -0.39 is 6.10 Å². The highest BCUT2D eigenvalue weighted by Gasteiger charge is 2.11. The number of nitrogens with one attached hydrogen (secondary N) is 1. The fraction of sp³-hybridized carbons (Fsp3) is 0.462. The number of aliphatic hydroxyl groups is 1. The number of hydrogen-bond donors (Lipinski definition) is 2. The molecule has 18 heavy (non-hydrogen) atoms. The molecule has 1 aromatic carbocycles. The van der Waals surface area contributed by atoms with Gasteiger partial charge in [-0.2, -0.15) is 0 Å². The van der Waals surface area contributed by atoms with Gasteiger partial charge in [0.25, 0.3) is 5.91 Å². The van der Waals surface area contributed by atoms with Crippen LogP contribution in [0.1, 0.15) is 30.6 Å². The molecule has 1 aromatic rings. The monoisotopic (exact) mass is 289 g/mol. The summed E-state index contributed by atoms with van der Waals surface area (Å²) in [5.74, 6) is -0.0311. The molecular formula is C13H17Cl2NO2. The minimum atomic E-state index is -0.404. The van der Waals surface area contributed by atoms with Crippen LogP contribution in [0.15, 0.2) is 18.2 Å². The molecule has 0 aliphatic heterocycles. The zero-order valence-corrected chi connectivity index (χ0v) is 11.9. The van der Waals surface area contributed by atoms with Crippen molar-refractivity contribution in [3.8, 4) is 0 Å². The Bertz CT molecular complexity index is 421. The second kappa shape index (κ2) is 6.98. The van der Waals surface area contributed by atoms with Crippen molar-refractivity contribution in [2.45, 2.75) is 26.4 Å². The van der Waals surface area contributed by atoms with Gasteiger partial charge in [0.1, 0.15) is 0 Å². The van der Waals surface area contributed by atoms with Crippen LogP contribution in [0.3, 0.4) is 0 Å². The van der Waals surface area contributed by atoms with Gasteiger partial charge in [-0.1, -0.05) is 37.0 Å². The van der Waals surface area contributed by atoms with Crippen molar-refractivity contribution in [1.82, 2.24) is 5.32 Å². The molecule has 0 saturated carbocycles. The highest BCUT2D eigenvalue weighted by atomic mass is 35.5. The zero-order valence-electron chi connectivity index (χ0n) is 10.4. The summed E-state index contributed by atoms with van der Waals surface area (Å²) in [6, 6.07) is 4.72. The van der Waals surface area contributed by atoms with E-state index in [9.17, 15) is 9.90 Å². The molecule has 1 unspecified atom stereocenters. The summed E-state index contributed by atoms with van der Waals surface area (Å²) in [5, 5.41) is 13.1. The van der Waals surface area contributed by atoms with E-state index in [2.05, 4.69) is 5.32 Å². The van der Waals surface area contributed by atoms with Crippen molar-refractivity contribution < 1.29 is 9.90 Å². The number of rotatable bonds is 5. The number of benzene rings is 1. The SMILES string of the molecule is CC(C)C(O)CCNC(=O)c1ccc(Cl)c(Cl)c1. The zero-order chi connectivity index (χ0) is 13.7. The minimum Gasteiger partial charge on any atom is -0.393 e. The van der Waals surface area contributed by atoms with E-state index in [1.807, 2.05) is 13.8 Å². The minimum absolute atomic E-state index is 0.187. The third kappa shape index (κ3) is 4.48. The van der Waals surface area contributed by atoms with Gasteiger partial charge in [0.15, 0.2) is 0 Å². The van der Waals surface area contributed by atoms with Gasteiger partial charge in [0, 0.05) is 12.1 Å². The van der Waals surface area contributed by atoms with Crippen molar-refractivity contribution in [2.75, 3.05) is 6.54 Å². The van der Waals surface area contributed by atoms with Crippen LogP contribution < -0.4 is 5.32 Å². The molecule has 1 atom stereocenters. The predicted molar refractivity (Wildman–Crippen MR) is 74.3 cm³/mol. The average molecular weight is 290 g/mol. The Morgan fingerprint density at radius 3 is 2.56 bits per heavy atom. The molecule has 0 spiro atoms. The Morgan fingerprint density at radius 1 is 1.33 bits per heavy atom.